The summed E-state index contributed by atoms with van der Waals surface area (Å²) in [6, 6.07) is 4.62. The van der Waals surface area contributed by atoms with Gasteiger partial charge < -0.3 is 10.0 Å². The van der Waals surface area contributed by atoms with Gasteiger partial charge in [0.2, 0.25) is 0 Å². The van der Waals surface area contributed by atoms with Gasteiger partial charge in [0.25, 0.3) is 0 Å². The van der Waals surface area contributed by atoms with Crippen LogP contribution in [0, 0.1) is 5.82 Å². The van der Waals surface area contributed by atoms with Gasteiger partial charge in [0.15, 0.2) is 11.6 Å². The molecule has 0 aromatic heterocycles. The van der Waals surface area contributed by atoms with E-state index >= 15 is 0 Å². The highest BCUT2D eigenvalue weighted by Gasteiger charge is 2.07. The molecule has 1 aromatic rings. The third-order valence-electron chi connectivity index (χ3n) is 2.12. The molecule has 0 unspecified atom stereocenters. The van der Waals surface area contributed by atoms with Crippen molar-refractivity contribution < 1.29 is 9.50 Å². The molecule has 0 fully saturated rings. The summed E-state index contributed by atoms with van der Waals surface area (Å²) >= 11 is 0. The van der Waals surface area contributed by atoms with Crippen molar-refractivity contribution in [1.29, 1.82) is 0 Å². The van der Waals surface area contributed by atoms with Gasteiger partial charge in [-0.2, -0.15) is 0 Å². The van der Waals surface area contributed by atoms with Crippen LogP contribution in [0.3, 0.4) is 0 Å². The molecule has 0 saturated heterocycles. The molecule has 0 saturated carbocycles. The zero-order valence-electron chi connectivity index (χ0n) is 8.63. The SMILES string of the molecule is CCCN(C)Cc1cccc(F)c1O. The van der Waals surface area contributed by atoms with Crippen LogP contribution in [0.5, 0.6) is 5.75 Å². The number of rotatable bonds is 4. The summed E-state index contributed by atoms with van der Waals surface area (Å²) in [6.07, 6.45) is 1.05. The predicted molar refractivity (Wildman–Crippen MR) is 54.7 cm³/mol. The monoisotopic (exact) mass is 197 g/mol. The first kappa shape index (κ1) is 11.0. The van der Waals surface area contributed by atoms with Crippen molar-refractivity contribution in [1.82, 2.24) is 4.90 Å². The zero-order valence-corrected chi connectivity index (χ0v) is 8.63. The number of benzene rings is 1. The summed E-state index contributed by atoms with van der Waals surface area (Å²) in [5.41, 5.74) is 0.640. The van der Waals surface area contributed by atoms with E-state index in [1.807, 2.05) is 7.05 Å². The molecule has 0 heterocycles. The van der Waals surface area contributed by atoms with Crippen LogP contribution >= 0.6 is 0 Å². The molecule has 0 bridgehead atoms. The molecule has 14 heavy (non-hydrogen) atoms. The normalized spacial score (nSPS) is 10.9. The second-order valence-corrected chi connectivity index (χ2v) is 3.49. The Kier molecular flexibility index (Phi) is 3.89. The summed E-state index contributed by atoms with van der Waals surface area (Å²) in [4.78, 5) is 2.05. The Morgan fingerprint density at radius 1 is 1.43 bits per heavy atom. The first-order chi connectivity index (χ1) is 6.65. The van der Waals surface area contributed by atoms with Gasteiger partial charge >= 0.3 is 0 Å². The Morgan fingerprint density at radius 3 is 2.79 bits per heavy atom. The molecule has 0 radical (unpaired) electrons. The van der Waals surface area contributed by atoms with Crippen LogP contribution in [-0.4, -0.2) is 23.6 Å². The van der Waals surface area contributed by atoms with Crippen LogP contribution in [0.25, 0.3) is 0 Å². The quantitative estimate of drug-likeness (QED) is 0.801. The zero-order chi connectivity index (χ0) is 10.6. The number of aromatic hydroxyl groups is 1. The highest BCUT2D eigenvalue weighted by Crippen LogP contribution is 2.21. The second-order valence-electron chi connectivity index (χ2n) is 3.49. The van der Waals surface area contributed by atoms with E-state index in [4.69, 9.17) is 0 Å². The number of hydrogen-bond donors (Lipinski definition) is 1. The lowest BCUT2D eigenvalue weighted by atomic mass is 10.2. The van der Waals surface area contributed by atoms with E-state index in [0.717, 1.165) is 13.0 Å². The van der Waals surface area contributed by atoms with Gasteiger partial charge in [-0.1, -0.05) is 19.1 Å². The standard InChI is InChI=1S/C11H16FNO/c1-3-7-13(2)8-9-5-4-6-10(12)11(9)14/h4-6,14H,3,7-8H2,1-2H3. The number of halogens is 1. The molecule has 2 nitrogen and oxygen atoms in total. The van der Waals surface area contributed by atoms with Crippen molar-refractivity contribution in [3.05, 3.63) is 29.6 Å². The van der Waals surface area contributed by atoms with Crippen LogP contribution in [0.15, 0.2) is 18.2 Å². The molecule has 1 aromatic carbocycles. The van der Waals surface area contributed by atoms with E-state index < -0.39 is 5.82 Å². The first-order valence-electron chi connectivity index (χ1n) is 4.80. The second kappa shape index (κ2) is 4.96. The number of phenols is 1. The van der Waals surface area contributed by atoms with Gasteiger partial charge in [0.05, 0.1) is 0 Å². The molecule has 0 amide bonds. The fourth-order valence-corrected chi connectivity index (χ4v) is 1.44. The Morgan fingerprint density at radius 2 is 2.14 bits per heavy atom. The van der Waals surface area contributed by atoms with E-state index in [1.54, 1.807) is 12.1 Å². The summed E-state index contributed by atoms with van der Waals surface area (Å²) in [7, 11) is 1.95. The fourth-order valence-electron chi connectivity index (χ4n) is 1.44. The van der Waals surface area contributed by atoms with E-state index in [-0.39, 0.29) is 5.75 Å². The topological polar surface area (TPSA) is 23.5 Å². The summed E-state index contributed by atoms with van der Waals surface area (Å²) in [5, 5.41) is 9.41. The van der Waals surface area contributed by atoms with Crippen LogP contribution < -0.4 is 0 Å². The van der Waals surface area contributed by atoms with Crippen LogP contribution in [0.4, 0.5) is 4.39 Å². The average Bonchev–Trinajstić information content (AvgIpc) is 2.13. The molecule has 0 aliphatic carbocycles. The van der Waals surface area contributed by atoms with Crippen LogP contribution in [-0.2, 0) is 6.54 Å². The number of para-hydroxylation sites is 1. The van der Waals surface area contributed by atoms with Crippen LogP contribution in [0.1, 0.15) is 18.9 Å². The number of phenolic OH excluding ortho intramolecular Hbond substituents is 1. The summed E-state index contributed by atoms with van der Waals surface area (Å²) < 4.78 is 12.9. The van der Waals surface area contributed by atoms with E-state index in [2.05, 4.69) is 11.8 Å². The minimum Gasteiger partial charge on any atom is -0.505 e. The van der Waals surface area contributed by atoms with Crippen LogP contribution in [0.2, 0.25) is 0 Å². The maximum absolute atomic E-state index is 12.9. The Hall–Kier alpha value is -1.09. The Balaban J connectivity index is 2.71. The molecular weight excluding hydrogens is 181 g/mol. The maximum atomic E-state index is 12.9. The number of nitrogens with zero attached hydrogens (tertiary/aromatic N) is 1. The largest absolute Gasteiger partial charge is 0.505 e. The van der Waals surface area contributed by atoms with E-state index in [0.29, 0.717) is 12.1 Å². The van der Waals surface area contributed by atoms with Crippen molar-refractivity contribution in [2.75, 3.05) is 13.6 Å². The molecule has 0 atom stereocenters. The van der Waals surface area contributed by atoms with Gasteiger partial charge in [-0.15, -0.1) is 0 Å². The molecule has 1 rings (SSSR count). The van der Waals surface area contributed by atoms with Crippen molar-refractivity contribution in [3.8, 4) is 5.75 Å². The lowest BCUT2D eigenvalue weighted by Gasteiger charge is -2.16. The van der Waals surface area contributed by atoms with Gasteiger partial charge in [0.1, 0.15) is 0 Å². The minimum absolute atomic E-state index is 0.226. The predicted octanol–water partition coefficient (Wildman–Crippen LogP) is 2.37. The highest BCUT2D eigenvalue weighted by molar-refractivity contribution is 5.33. The van der Waals surface area contributed by atoms with E-state index in [1.165, 1.54) is 6.07 Å². The molecule has 0 aliphatic heterocycles. The lowest BCUT2D eigenvalue weighted by Crippen LogP contribution is -2.18. The summed E-state index contributed by atoms with van der Waals surface area (Å²) in [6.45, 7) is 3.61. The lowest BCUT2D eigenvalue weighted by molar-refractivity contribution is 0.317. The Bertz CT molecular complexity index is 301. The summed E-state index contributed by atoms with van der Waals surface area (Å²) in [5.74, 6) is -0.775. The van der Waals surface area contributed by atoms with Gasteiger partial charge in [-0.3, -0.25) is 0 Å². The smallest absolute Gasteiger partial charge is 0.165 e. The Labute approximate surface area is 84.0 Å². The van der Waals surface area contributed by atoms with E-state index in [9.17, 15) is 9.50 Å². The average molecular weight is 197 g/mol. The molecule has 3 heteroatoms. The van der Waals surface area contributed by atoms with Crippen molar-refractivity contribution in [2.24, 2.45) is 0 Å². The fraction of sp³-hybridized carbons (Fsp3) is 0.455. The van der Waals surface area contributed by atoms with Gasteiger partial charge in [-0.25, -0.2) is 4.39 Å². The number of hydrogen-bond acceptors (Lipinski definition) is 2. The van der Waals surface area contributed by atoms with Crippen molar-refractivity contribution in [3.63, 3.8) is 0 Å². The first-order valence-corrected chi connectivity index (χ1v) is 4.80. The van der Waals surface area contributed by atoms with Crippen molar-refractivity contribution in [2.45, 2.75) is 19.9 Å². The maximum Gasteiger partial charge on any atom is 0.165 e. The molecule has 0 spiro atoms. The molecule has 78 valence electrons. The van der Waals surface area contributed by atoms with Gasteiger partial charge in [-0.05, 0) is 26.1 Å². The molecule has 1 N–H and O–H groups in total. The van der Waals surface area contributed by atoms with Crippen molar-refractivity contribution >= 4 is 0 Å². The third-order valence-corrected chi connectivity index (χ3v) is 2.12. The third kappa shape index (κ3) is 2.70. The molecule has 0 aliphatic rings. The van der Waals surface area contributed by atoms with Gasteiger partial charge in [0, 0.05) is 12.1 Å². The molecular formula is C11H16FNO. The highest BCUT2D eigenvalue weighted by atomic mass is 19.1. The minimum atomic E-state index is -0.549.